The lowest BCUT2D eigenvalue weighted by Gasteiger charge is -2.08. The fourth-order valence-corrected chi connectivity index (χ4v) is 1.68. The summed E-state index contributed by atoms with van der Waals surface area (Å²) in [6, 6.07) is 10.9. The number of benzene rings is 2. The SMILES string of the molecule is Nc1ccc(Cl)cc1C(=O)Nc1cccc(O)c1. The van der Waals surface area contributed by atoms with Gasteiger partial charge in [0.2, 0.25) is 0 Å². The summed E-state index contributed by atoms with van der Waals surface area (Å²) in [6.45, 7) is 0. The number of halogens is 1. The van der Waals surface area contributed by atoms with Crippen molar-refractivity contribution in [3.8, 4) is 5.75 Å². The molecule has 0 radical (unpaired) electrons. The zero-order chi connectivity index (χ0) is 13.1. The second-order valence-electron chi connectivity index (χ2n) is 3.74. The van der Waals surface area contributed by atoms with E-state index < -0.39 is 0 Å². The number of nitrogen functional groups attached to an aromatic ring is 1. The summed E-state index contributed by atoms with van der Waals surface area (Å²) in [6.07, 6.45) is 0. The van der Waals surface area contributed by atoms with Crippen LogP contribution in [-0.2, 0) is 0 Å². The summed E-state index contributed by atoms with van der Waals surface area (Å²) in [7, 11) is 0. The highest BCUT2D eigenvalue weighted by Gasteiger charge is 2.10. The smallest absolute Gasteiger partial charge is 0.257 e. The number of hydrogen-bond donors (Lipinski definition) is 3. The van der Waals surface area contributed by atoms with Gasteiger partial charge in [0.1, 0.15) is 5.75 Å². The first-order valence-electron chi connectivity index (χ1n) is 5.21. The van der Waals surface area contributed by atoms with Crippen LogP contribution in [0, 0.1) is 0 Å². The standard InChI is InChI=1S/C13H11ClN2O2/c14-8-4-5-12(15)11(6-8)13(18)16-9-2-1-3-10(17)7-9/h1-7,17H,15H2,(H,16,18). The minimum atomic E-state index is -0.374. The van der Waals surface area contributed by atoms with Crippen molar-refractivity contribution in [3.63, 3.8) is 0 Å². The lowest BCUT2D eigenvalue weighted by atomic mass is 10.1. The summed E-state index contributed by atoms with van der Waals surface area (Å²) in [5.74, 6) is -0.299. The van der Waals surface area contributed by atoms with Gasteiger partial charge in [-0.1, -0.05) is 17.7 Å². The molecule has 0 aliphatic carbocycles. The predicted molar refractivity (Wildman–Crippen MR) is 71.9 cm³/mol. The van der Waals surface area contributed by atoms with Crippen molar-refractivity contribution in [2.24, 2.45) is 0 Å². The minimum Gasteiger partial charge on any atom is -0.508 e. The Balaban J connectivity index is 2.24. The summed E-state index contributed by atoms with van der Waals surface area (Å²) in [4.78, 5) is 12.0. The molecule has 18 heavy (non-hydrogen) atoms. The molecule has 2 aromatic rings. The van der Waals surface area contributed by atoms with E-state index in [1.165, 1.54) is 18.2 Å². The molecule has 5 heteroatoms. The van der Waals surface area contributed by atoms with Crippen LogP contribution in [0.5, 0.6) is 5.75 Å². The number of nitrogens with two attached hydrogens (primary N) is 1. The minimum absolute atomic E-state index is 0.0758. The molecule has 0 unspecified atom stereocenters. The third kappa shape index (κ3) is 2.73. The normalized spacial score (nSPS) is 10.1. The van der Waals surface area contributed by atoms with E-state index in [2.05, 4.69) is 5.32 Å². The van der Waals surface area contributed by atoms with E-state index in [9.17, 15) is 9.90 Å². The van der Waals surface area contributed by atoms with Crippen molar-refractivity contribution >= 4 is 28.9 Å². The molecule has 0 fully saturated rings. The van der Waals surface area contributed by atoms with E-state index >= 15 is 0 Å². The Morgan fingerprint density at radius 2 is 2.00 bits per heavy atom. The molecule has 0 heterocycles. The molecule has 0 aromatic heterocycles. The quantitative estimate of drug-likeness (QED) is 0.729. The molecule has 92 valence electrons. The first-order valence-corrected chi connectivity index (χ1v) is 5.59. The molecule has 2 aromatic carbocycles. The number of amides is 1. The van der Waals surface area contributed by atoms with Gasteiger partial charge in [0.25, 0.3) is 5.91 Å². The third-order valence-electron chi connectivity index (χ3n) is 2.36. The van der Waals surface area contributed by atoms with Gasteiger partial charge in [-0.15, -0.1) is 0 Å². The Labute approximate surface area is 109 Å². The first kappa shape index (κ1) is 12.3. The number of aromatic hydroxyl groups is 1. The maximum atomic E-state index is 12.0. The van der Waals surface area contributed by atoms with Crippen LogP contribution < -0.4 is 11.1 Å². The molecule has 0 aliphatic heterocycles. The number of phenols is 1. The highest BCUT2D eigenvalue weighted by Crippen LogP contribution is 2.21. The number of phenolic OH excluding ortho intramolecular Hbond substituents is 1. The van der Waals surface area contributed by atoms with Crippen molar-refractivity contribution in [1.82, 2.24) is 0 Å². The number of hydrogen-bond acceptors (Lipinski definition) is 3. The molecular formula is C13H11ClN2O2. The third-order valence-corrected chi connectivity index (χ3v) is 2.60. The largest absolute Gasteiger partial charge is 0.508 e. The van der Waals surface area contributed by atoms with E-state index in [0.29, 0.717) is 22.0 Å². The first-order chi connectivity index (χ1) is 8.56. The fourth-order valence-electron chi connectivity index (χ4n) is 1.51. The van der Waals surface area contributed by atoms with Crippen LogP contribution in [-0.4, -0.2) is 11.0 Å². The number of rotatable bonds is 2. The summed E-state index contributed by atoms with van der Waals surface area (Å²) < 4.78 is 0. The molecular weight excluding hydrogens is 252 g/mol. The zero-order valence-corrected chi connectivity index (χ0v) is 10.1. The lowest BCUT2D eigenvalue weighted by Crippen LogP contribution is -2.13. The van der Waals surface area contributed by atoms with Gasteiger partial charge >= 0.3 is 0 Å². The Morgan fingerprint density at radius 1 is 1.22 bits per heavy atom. The van der Waals surface area contributed by atoms with Crippen LogP contribution in [0.25, 0.3) is 0 Å². The fraction of sp³-hybridized carbons (Fsp3) is 0. The van der Waals surface area contributed by atoms with Gasteiger partial charge < -0.3 is 16.2 Å². The molecule has 0 aliphatic rings. The maximum Gasteiger partial charge on any atom is 0.257 e. The Kier molecular flexibility index (Phi) is 3.39. The zero-order valence-electron chi connectivity index (χ0n) is 9.35. The van der Waals surface area contributed by atoms with Crippen LogP contribution in [0.1, 0.15) is 10.4 Å². The predicted octanol–water partition coefficient (Wildman–Crippen LogP) is 2.88. The molecule has 4 N–H and O–H groups in total. The van der Waals surface area contributed by atoms with Crippen molar-refractivity contribution < 1.29 is 9.90 Å². The van der Waals surface area contributed by atoms with E-state index in [4.69, 9.17) is 17.3 Å². The highest BCUT2D eigenvalue weighted by molar-refractivity contribution is 6.31. The summed E-state index contributed by atoms with van der Waals surface area (Å²) >= 11 is 5.81. The molecule has 2 rings (SSSR count). The molecule has 4 nitrogen and oxygen atoms in total. The molecule has 0 bridgehead atoms. The molecule has 0 saturated carbocycles. The van der Waals surface area contributed by atoms with Gasteiger partial charge in [-0.05, 0) is 30.3 Å². The van der Waals surface area contributed by atoms with Crippen LogP contribution in [0.2, 0.25) is 5.02 Å². The summed E-state index contributed by atoms with van der Waals surface area (Å²) in [5, 5.41) is 12.4. The van der Waals surface area contributed by atoms with Gasteiger partial charge in [0.15, 0.2) is 0 Å². The number of carbonyl (C=O) groups excluding carboxylic acids is 1. The van der Waals surface area contributed by atoms with Crippen molar-refractivity contribution in [3.05, 3.63) is 53.1 Å². The van der Waals surface area contributed by atoms with Crippen LogP contribution >= 0.6 is 11.6 Å². The second-order valence-corrected chi connectivity index (χ2v) is 4.17. The van der Waals surface area contributed by atoms with Gasteiger partial charge in [-0.2, -0.15) is 0 Å². The number of carbonyl (C=O) groups is 1. The van der Waals surface area contributed by atoms with Crippen molar-refractivity contribution in [1.29, 1.82) is 0 Å². The monoisotopic (exact) mass is 262 g/mol. The summed E-state index contributed by atoms with van der Waals surface area (Å²) in [5.41, 5.74) is 6.83. The van der Waals surface area contributed by atoms with E-state index in [-0.39, 0.29) is 11.7 Å². The average molecular weight is 263 g/mol. The Bertz CT molecular complexity index is 599. The van der Waals surface area contributed by atoms with E-state index in [1.807, 2.05) is 0 Å². The topological polar surface area (TPSA) is 75.4 Å². The number of nitrogens with one attached hydrogen (secondary N) is 1. The van der Waals surface area contributed by atoms with Crippen LogP contribution in [0.15, 0.2) is 42.5 Å². The molecule has 0 spiro atoms. The highest BCUT2D eigenvalue weighted by atomic mass is 35.5. The average Bonchev–Trinajstić information content (AvgIpc) is 2.32. The Hall–Kier alpha value is -2.20. The molecule has 0 atom stereocenters. The van der Waals surface area contributed by atoms with E-state index in [0.717, 1.165) is 0 Å². The van der Waals surface area contributed by atoms with Crippen LogP contribution in [0.3, 0.4) is 0 Å². The van der Waals surface area contributed by atoms with Gasteiger partial charge in [0, 0.05) is 22.5 Å². The Morgan fingerprint density at radius 3 is 2.72 bits per heavy atom. The van der Waals surface area contributed by atoms with Gasteiger partial charge in [0.05, 0.1) is 5.56 Å². The number of anilines is 2. The van der Waals surface area contributed by atoms with Gasteiger partial charge in [-0.3, -0.25) is 4.79 Å². The molecule has 1 amide bonds. The lowest BCUT2D eigenvalue weighted by molar-refractivity contribution is 0.102. The van der Waals surface area contributed by atoms with Crippen molar-refractivity contribution in [2.45, 2.75) is 0 Å². The van der Waals surface area contributed by atoms with E-state index in [1.54, 1.807) is 24.3 Å². The second kappa shape index (κ2) is 4.98. The van der Waals surface area contributed by atoms with Gasteiger partial charge in [-0.25, -0.2) is 0 Å². The van der Waals surface area contributed by atoms with Crippen molar-refractivity contribution in [2.75, 3.05) is 11.1 Å². The molecule has 0 saturated heterocycles. The van der Waals surface area contributed by atoms with Crippen LogP contribution in [0.4, 0.5) is 11.4 Å². The maximum absolute atomic E-state index is 12.0.